The second-order valence-electron chi connectivity index (χ2n) is 7.58. The lowest BCUT2D eigenvalue weighted by Crippen LogP contribution is -2.36. The fourth-order valence-electron chi connectivity index (χ4n) is 3.88. The summed E-state index contributed by atoms with van der Waals surface area (Å²) in [5, 5.41) is 7.09. The van der Waals surface area contributed by atoms with E-state index in [4.69, 9.17) is 74.8 Å². The van der Waals surface area contributed by atoms with Crippen LogP contribution in [0.2, 0.25) is 30.1 Å². The van der Waals surface area contributed by atoms with Crippen molar-refractivity contribution in [3.63, 3.8) is 0 Å². The van der Waals surface area contributed by atoms with E-state index in [-0.39, 0.29) is 0 Å². The molecule has 0 radical (unpaired) electrons. The third kappa shape index (κ3) is 4.65. The number of hydrogen-bond donors (Lipinski definition) is 0. The Kier molecular flexibility index (Phi) is 7.00. The predicted octanol–water partition coefficient (Wildman–Crippen LogP) is 9.40. The summed E-state index contributed by atoms with van der Waals surface area (Å²) in [4.78, 5) is 0. The van der Waals surface area contributed by atoms with Crippen molar-refractivity contribution in [2.75, 3.05) is 0 Å². The van der Waals surface area contributed by atoms with Gasteiger partial charge in [-0.3, -0.25) is 0 Å². The molecule has 0 fully saturated rings. The van der Waals surface area contributed by atoms with Gasteiger partial charge in [-0.25, -0.2) is 0 Å². The van der Waals surface area contributed by atoms with Gasteiger partial charge in [-0.15, -0.1) is 0 Å². The summed E-state index contributed by atoms with van der Waals surface area (Å²) in [5.74, 6) is 0. The molecule has 0 aliphatic heterocycles. The molecule has 3 nitrogen and oxygen atoms in total. The van der Waals surface area contributed by atoms with Crippen molar-refractivity contribution in [2.45, 2.75) is 0 Å². The smallest absolute Gasteiger partial charge is 0.0899 e. The molecule has 5 aromatic rings. The first kappa shape index (κ1) is 24.5. The van der Waals surface area contributed by atoms with Crippen molar-refractivity contribution in [1.82, 2.24) is 9.90 Å². The average Bonchev–Trinajstić information content (AvgIpc) is 3.18. The number of hydrogen-bond acceptors (Lipinski definition) is 1. The van der Waals surface area contributed by atoms with E-state index < -0.39 is 0 Å². The minimum atomic E-state index is 0.335. The van der Waals surface area contributed by atoms with E-state index in [9.17, 15) is 0 Å². The first-order chi connectivity index (χ1) is 16.8. The molecule has 0 aliphatic rings. The molecule has 9 heteroatoms. The molecule has 174 valence electrons. The Hall–Kier alpha value is -2.24. The summed E-state index contributed by atoms with van der Waals surface area (Å²) in [7, 11) is 0. The van der Waals surface area contributed by atoms with Crippen LogP contribution in [-0.4, -0.2) is 9.90 Å². The molecule has 0 bridgehead atoms. The lowest BCUT2D eigenvalue weighted by atomic mass is 10.0. The van der Waals surface area contributed by atoms with E-state index in [1.807, 2.05) is 60.7 Å². The van der Waals surface area contributed by atoms with Crippen molar-refractivity contribution in [1.29, 1.82) is 0 Å². The van der Waals surface area contributed by atoms with Crippen LogP contribution in [0.5, 0.6) is 0 Å². The summed E-state index contributed by atoms with van der Waals surface area (Å²) < 4.78 is 3.36. The molecular weight excluding hydrogens is 567 g/mol. The van der Waals surface area contributed by atoms with Gasteiger partial charge in [0.1, 0.15) is 5.21 Å². The van der Waals surface area contributed by atoms with Crippen LogP contribution in [0.3, 0.4) is 0 Å². The quantitative estimate of drug-likeness (QED) is 0.194. The molecular formula is C26H14Cl6N3+. The molecule has 0 unspecified atom stereocenters. The van der Waals surface area contributed by atoms with Gasteiger partial charge in [0.15, 0.2) is 11.4 Å². The van der Waals surface area contributed by atoms with Crippen LogP contribution in [-0.2, 0) is 0 Å². The zero-order valence-corrected chi connectivity index (χ0v) is 22.2. The number of benzene rings is 4. The summed E-state index contributed by atoms with van der Waals surface area (Å²) in [6.07, 6.45) is 0. The van der Waals surface area contributed by atoms with E-state index in [2.05, 4.69) is 0 Å². The molecule has 0 saturated carbocycles. The second-order valence-corrected chi connectivity index (χ2v) is 10.1. The molecule has 5 rings (SSSR count). The van der Waals surface area contributed by atoms with Gasteiger partial charge in [-0.1, -0.05) is 140 Å². The summed E-state index contributed by atoms with van der Waals surface area (Å²) >= 11 is 39.0. The highest BCUT2D eigenvalue weighted by Gasteiger charge is 2.34. The molecule has 0 aliphatic carbocycles. The maximum absolute atomic E-state index is 6.66. The minimum absolute atomic E-state index is 0.335. The van der Waals surface area contributed by atoms with Crippen molar-refractivity contribution in [2.24, 2.45) is 0 Å². The standard InChI is InChI=1S/C26H14Cl6N3/c27-17-11-19(29)25(20(30)12-17)34-23(15-7-3-1-4-8-15)24(16-9-5-2-6-10-16)35(33-34)26-21(31)13-18(28)14-22(26)32/h1-14H/q+1. The zero-order chi connectivity index (χ0) is 24.7. The molecule has 0 N–H and O–H groups in total. The molecule has 0 amide bonds. The van der Waals surface area contributed by atoms with E-state index in [1.165, 1.54) is 0 Å². The Bertz CT molecular complexity index is 1390. The van der Waals surface area contributed by atoms with Crippen LogP contribution in [0.4, 0.5) is 0 Å². The van der Waals surface area contributed by atoms with Crippen LogP contribution in [0, 0.1) is 0 Å². The monoisotopic (exact) mass is 578 g/mol. The third-order valence-corrected chi connectivity index (χ3v) is 6.90. The van der Waals surface area contributed by atoms with Crippen LogP contribution in [0.25, 0.3) is 33.9 Å². The Morgan fingerprint density at radius 1 is 0.571 bits per heavy atom. The fraction of sp³-hybridized carbons (Fsp3) is 0. The number of halogens is 6. The topological polar surface area (TPSA) is 21.7 Å². The summed E-state index contributed by atoms with van der Waals surface area (Å²) in [6, 6.07) is 26.1. The van der Waals surface area contributed by atoms with Crippen LogP contribution in [0.15, 0.2) is 84.9 Å². The molecule has 1 heterocycles. The van der Waals surface area contributed by atoms with E-state index >= 15 is 0 Å². The maximum Gasteiger partial charge on any atom is 0.213 e. The van der Waals surface area contributed by atoms with Gasteiger partial charge in [-0.2, -0.15) is 0 Å². The Morgan fingerprint density at radius 2 is 1.03 bits per heavy atom. The second kappa shape index (κ2) is 10.0. The normalized spacial score (nSPS) is 11.1. The van der Waals surface area contributed by atoms with Crippen molar-refractivity contribution < 1.29 is 4.68 Å². The van der Waals surface area contributed by atoms with Crippen molar-refractivity contribution in [3.05, 3.63) is 115 Å². The van der Waals surface area contributed by atoms with Gasteiger partial charge in [-0.05, 0) is 24.3 Å². The lowest BCUT2D eigenvalue weighted by Gasteiger charge is -2.07. The SMILES string of the molecule is Clc1cc(Cl)c(-n2n[n+](-c3c(Cl)cc(Cl)cc3Cl)c(-c3ccccc3)c2-c2ccccc2)c(Cl)c1. The molecule has 0 atom stereocenters. The molecule has 35 heavy (non-hydrogen) atoms. The van der Waals surface area contributed by atoms with E-state index in [0.29, 0.717) is 41.5 Å². The predicted molar refractivity (Wildman–Crippen MR) is 146 cm³/mol. The van der Waals surface area contributed by atoms with Gasteiger partial charge in [0, 0.05) is 21.2 Å². The molecule has 1 aromatic heterocycles. The first-order valence-corrected chi connectivity index (χ1v) is 12.6. The minimum Gasteiger partial charge on any atom is -0.0899 e. The Morgan fingerprint density at radius 3 is 1.54 bits per heavy atom. The highest BCUT2D eigenvalue weighted by Crippen LogP contribution is 2.39. The van der Waals surface area contributed by atoms with E-state index in [0.717, 1.165) is 22.5 Å². The largest absolute Gasteiger partial charge is 0.213 e. The maximum atomic E-state index is 6.66. The third-order valence-electron chi connectivity index (χ3n) is 5.31. The van der Waals surface area contributed by atoms with Gasteiger partial charge < -0.3 is 0 Å². The Balaban J connectivity index is 1.97. The van der Waals surface area contributed by atoms with Gasteiger partial charge in [0.2, 0.25) is 11.4 Å². The van der Waals surface area contributed by atoms with Crippen LogP contribution < -0.4 is 4.68 Å². The average molecular weight is 581 g/mol. The Labute approximate surface area is 231 Å². The van der Waals surface area contributed by atoms with Crippen molar-refractivity contribution in [3.8, 4) is 33.9 Å². The highest BCUT2D eigenvalue weighted by molar-refractivity contribution is 6.41. The van der Waals surface area contributed by atoms with Gasteiger partial charge in [0.05, 0.1) is 20.1 Å². The fourth-order valence-corrected chi connectivity index (χ4v) is 5.83. The first-order valence-electron chi connectivity index (χ1n) is 10.3. The number of aromatic nitrogens is 3. The molecule has 0 saturated heterocycles. The highest BCUT2D eigenvalue weighted by atomic mass is 35.5. The zero-order valence-electron chi connectivity index (χ0n) is 17.7. The number of nitrogens with zero attached hydrogens (tertiary/aromatic N) is 3. The van der Waals surface area contributed by atoms with Crippen LogP contribution in [0.1, 0.15) is 0 Å². The molecule has 4 aromatic carbocycles. The lowest BCUT2D eigenvalue weighted by molar-refractivity contribution is -0.650. The summed E-state index contributed by atoms with van der Waals surface area (Å²) in [6.45, 7) is 0. The number of rotatable bonds is 4. The summed E-state index contributed by atoms with van der Waals surface area (Å²) in [5.41, 5.74) is 4.14. The van der Waals surface area contributed by atoms with E-state index in [1.54, 1.807) is 33.6 Å². The molecule has 0 spiro atoms. The van der Waals surface area contributed by atoms with Gasteiger partial charge >= 0.3 is 0 Å². The van der Waals surface area contributed by atoms with Crippen molar-refractivity contribution >= 4 is 69.6 Å². The van der Waals surface area contributed by atoms with Gasteiger partial charge in [0.25, 0.3) is 0 Å². The van der Waals surface area contributed by atoms with Crippen LogP contribution >= 0.6 is 69.6 Å².